The van der Waals surface area contributed by atoms with Crippen LogP contribution in [0, 0.1) is 0 Å². The largest absolute Gasteiger partial charge is 0.311 e. The lowest BCUT2D eigenvalue weighted by Crippen LogP contribution is -2.61. The minimum Gasteiger partial charge on any atom is -0.311 e. The minimum absolute atomic E-state index is 0.183. The van der Waals surface area contributed by atoms with E-state index in [0.29, 0.717) is 0 Å². The summed E-state index contributed by atoms with van der Waals surface area (Å²) in [5.74, 6) is 0. The van der Waals surface area contributed by atoms with E-state index in [1.807, 2.05) is 0 Å². The molecule has 6 heteroatoms. The summed E-state index contributed by atoms with van der Waals surface area (Å²) in [5, 5.41) is 0. The Balaban J connectivity index is 1.35. The van der Waals surface area contributed by atoms with Gasteiger partial charge in [0.15, 0.2) is 0 Å². The van der Waals surface area contributed by atoms with E-state index in [1.165, 1.54) is 105 Å². The smallest absolute Gasteiger partial charge is 0.252 e. The van der Waals surface area contributed by atoms with Crippen molar-refractivity contribution in [2.24, 2.45) is 0 Å². The van der Waals surface area contributed by atoms with Gasteiger partial charge in [-0.05, 0) is 326 Å². The van der Waals surface area contributed by atoms with Crippen LogP contribution in [0.1, 0.15) is 421 Å². The molecule has 724 valence electrons. The maximum absolute atomic E-state index is 2.78. The van der Waals surface area contributed by atoms with E-state index in [0.717, 1.165) is 85.3 Å². The molecule has 0 saturated carbocycles. The first kappa shape index (κ1) is 104. The van der Waals surface area contributed by atoms with E-state index in [-0.39, 0.29) is 93.4 Å². The molecule has 0 spiro atoms. The molecule has 0 aromatic heterocycles. The fourth-order valence-electron chi connectivity index (χ4n) is 19.1. The minimum atomic E-state index is -0.328. The van der Waals surface area contributed by atoms with Crippen LogP contribution >= 0.6 is 0 Å². The van der Waals surface area contributed by atoms with Crippen molar-refractivity contribution in [3.05, 3.63) is 283 Å². The van der Waals surface area contributed by atoms with Crippen molar-refractivity contribution in [3.63, 3.8) is 0 Å². The molecule has 136 heavy (non-hydrogen) atoms. The number of hydrogen-bond acceptors (Lipinski definition) is 5. The summed E-state index contributed by atoms with van der Waals surface area (Å²) < 4.78 is 0. The molecule has 2 aliphatic rings. The normalized spacial score (nSPS) is 14.3. The zero-order valence-electron chi connectivity index (χ0n) is 94.3. The second kappa shape index (κ2) is 34.2. The zero-order valence-corrected chi connectivity index (χ0v) is 94.3. The second-order valence-electron chi connectivity index (χ2n) is 57.6. The Hall–Kier alpha value is -9.52. The van der Waals surface area contributed by atoms with Gasteiger partial charge in [-0.3, -0.25) is 0 Å². The van der Waals surface area contributed by atoms with Gasteiger partial charge in [0.05, 0.1) is 5.69 Å². The Bertz CT molecular complexity index is 5600. The van der Waals surface area contributed by atoms with Gasteiger partial charge in [-0.1, -0.05) is 393 Å². The summed E-state index contributed by atoms with van der Waals surface area (Å²) in [7, 11) is 0. The molecule has 0 unspecified atom stereocenters. The highest BCUT2D eigenvalue weighted by Gasteiger charge is 2.47. The highest BCUT2D eigenvalue weighted by molar-refractivity contribution is 7.00. The quantitative estimate of drug-likeness (QED) is 0.120. The van der Waals surface area contributed by atoms with Gasteiger partial charge in [0.2, 0.25) is 0 Å². The van der Waals surface area contributed by atoms with Crippen LogP contribution in [0.2, 0.25) is 0 Å². The maximum Gasteiger partial charge on any atom is 0.252 e. The molecule has 13 rings (SSSR count). The first-order valence-corrected chi connectivity index (χ1v) is 51.2. The molecule has 2 aliphatic heterocycles. The number of benzene rings is 11. The van der Waals surface area contributed by atoms with Crippen LogP contribution < -0.4 is 40.9 Å². The van der Waals surface area contributed by atoms with Crippen LogP contribution in [0.5, 0.6) is 0 Å². The lowest BCUT2D eigenvalue weighted by Gasteiger charge is -2.46. The Morgan fingerprint density at radius 1 is 0.147 bits per heavy atom. The molecule has 0 bridgehead atoms. The zero-order chi connectivity index (χ0) is 102. The van der Waals surface area contributed by atoms with Crippen molar-refractivity contribution >= 4 is 108 Å². The van der Waals surface area contributed by atoms with Gasteiger partial charge in [0.1, 0.15) is 0 Å². The van der Waals surface area contributed by atoms with E-state index in [4.69, 9.17) is 0 Å². The first-order chi connectivity index (χ1) is 61.4. The van der Waals surface area contributed by atoms with Gasteiger partial charge in [0, 0.05) is 79.6 Å². The van der Waals surface area contributed by atoms with E-state index >= 15 is 0 Å². The lowest BCUT2D eigenvalue weighted by molar-refractivity contribution is 0.567. The molecule has 0 amide bonds. The third-order valence-electron chi connectivity index (χ3n) is 29.1. The molecule has 5 nitrogen and oxygen atoms in total. The van der Waals surface area contributed by atoms with Crippen LogP contribution in [-0.4, -0.2) is 6.71 Å². The summed E-state index contributed by atoms with van der Waals surface area (Å²) in [6.45, 7) is 115. The molecule has 11 aromatic carbocycles. The van der Waals surface area contributed by atoms with Gasteiger partial charge < -0.3 is 24.5 Å². The Morgan fingerprint density at radius 3 is 0.434 bits per heavy atom. The maximum atomic E-state index is 2.78. The number of anilines is 15. The summed E-state index contributed by atoms with van der Waals surface area (Å²) in [5.41, 5.74) is 38.0. The summed E-state index contributed by atoms with van der Waals surface area (Å²) in [4.78, 5) is 13.6. The molecule has 0 fully saturated rings. The molecular weight excluding hydrogens is 1640 g/mol. The predicted molar refractivity (Wildman–Crippen MR) is 604 cm³/mol. The fourth-order valence-corrected chi connectivity index (χ4v) is 19.1. The van der Waals surface area contributed by atoms with Crippen molar-refractivity contribution in [2.45, 2.75) is 419 Å². The SMILES string of the molecule is CC(C)(C)c1cc(N(c2cc(C(C)(C)C)cc(C(C)(C)C)c2)c2ccc3c(c2)N(c2cc(C(C)(C)C)cc(C(C)(C)C)c2)c2cc(N(c4cc(C(C)(C)C)cc(C(C)(C)C)c4)c4cc(C(C)(C)C)cc(C(C)(C)C)c4)cc4c2B3c2ccc(N(c3cc(C(C)(C)C)cc(C(C)(C)C)c3)c3cc(C(C)(C)C)cc(C(C)(C)C)c3)cc2N4c2cc(C(C)(C)C)cc(C(C)(C)C)c2)cc(C(C)(C)C)c1. The van der Waals surface area contributed by atoms with Crippen molar-refractivity contribution < 1.29 is 0 Å². The van der Waals surface area contributed by atoms with E-state index < -0.39 is 0 Å². The van der Waals surface area contributed by atoms with Crippen LogP contribution in [0.4, 0.5) is 85.3 Å². The molecule has 0 saturated heterocycles. The summed E-state index contributed by atoms with van der Waals surface area (Å²) in [6, 6.07) is 81.6. The van der Waals surface area contributed by atoms with Crippen molar-refractivity contribution in [1.29, 1.82) is 0 Å². The van der Waals surface area contributed by atoms with Crippen molar-refractivity contribution in [3.8, 4) is 0 Å². The second-order valence-corrected chi connectivity index (χ2v) is 57.6. The van der Waals surface area contributed by atoms with Gasteiger partial charge >= 0.3 is 0 Å². The summed E-state index contributed by atoms with van der Waals surface area (Å²) in [6.07, 6.45) is 0. The Morgan fingerprint density at radius 2 is 0.279 bits per heavy atom. The first-order valence-electron chi connectivity index (χ1n) is 51.2. The standard InChI is InChI=1S/C130H176BN5/c1-115(2,3)81-53-82(116(4,5)6)62-99(61-81)132(100-63-83(117(7,8)9)54-84(64-100)118(10,11)12)97-49-51-108-110(77-97)135(105-73-93(127(37,38)39)59-94(74-105)128(40,41)42)112-79-107(134(103-69-89(123(25,26)27)57-90(70-103)124(28,29)30)104-71-91(125(31,32)33)58-92(72-104)126(34,35)36)80-113-114(112)131(108)109-52-50-98(78-111(109)136(113)106-75-95(129(43,44)45)60-96(76-106)130(46,47)48)133(101-65-85(119(13,14)15)55-86(66-101)120(16,17)18)102-67-87(121(19,20)21)56-88(68-102)122(22,23)24/h49-80H,1-48H3. The third kappa shape index (κ3) is 21.6. The van der Waals surface area contributed by atoms with Crippen LogP contribution in [0.25, 0.3) is 0 Å². The number of fused-ring (bicyclic) bond motifs is 4. The average Bonchev–Trinajstić information content (AvgIpc) is 0.687. The lowest BCUT2D eigenvalue weighted by atomic mass is 9.33. The molecule has 0 N–H and O–H groups in total. The Labute approximate surface area is 829 Å². The third-order valence-corrected chi connectivity index (χ3v) is 29.1. The molecule has 11 aromatic rings. The average molecular weight is 1820 g/mol. The number of nitrogens with zero attached hydrogens (tertiary/aromatic N) is 5. The van der Waals surface area contributed by atoms with Crippen molar-refractivity contribution in [1.82, 2.24) is 0 Å². The number of hydrogen-bond donors (Lipinski definition) is 0. The Kier molecular flexibility index (Phi) is 26.1. The summed E-state index contributed by atoms with van der Waals surface area (Å²) >= 11 is 0. The topological polar surface area (TPSA) is 16.2 Å². The molecular formula is C130H176BN5. The number of rotatable bonds is 11. The molecule has 0 aliphatic carbocycles. The van der Waals surface area contributed by atoms with E-state index in [1.54, 1.807) is 0 Å². The molecule has 0 radical (unpaired) electrons. The molecule has 0 atom stereocenters. The van der Waals surface area contributed by atoms with Gasteiger partial charge in [-0.2, -0.15) is 0 Å². The van der Waals surface area contributed by atoms with E-state index in [9.17, 15) is 0 Å². The van der Waals surface area contributed by atoms with Crippen molar-refractivity contribution in [2.75, 3.05) is 24.5 Å². The predicted octanol–water partition coefficient (Wildman–Crippen LogP) is 36.9. The van der Waals surface area contributed by atoms with E-state index in [2.05, 4.69) is 551 Å². The van der Waals surface area contributed by atoms with Gasteiger partial charge in [0.25, 0.3) is 6.71 Å². The van der Waals surface area contributed by atoms with Crippen LogP contribution in [-0.2, 0) is 86.6 Å². The molecule has 2 heterocycles. The fraction of sp³-hybridized carbons (Fsp3) is 0.492. The van der Waals surface area contributed by atoms with Crippen LogP contribution in [0.3, 0.4) is 0 Å². The highest BCUT2D eigenvalue weighted by atomic mass is 15.2. The van der Waals surface area contributed by atoms with Gasteiger partial charge in [-0.25, -0.2) is 0 Å². The monoisotopic (exact) mass is 1820 g/mol. The highest BCUT2D eigenvalue weighted by Crippen LogP contribution is 2.56. The van der Waals surface area contributed by atoms with Gasteiger partial charge in [-0.15, -0.1) is 0 Å². The van der Waals surface area contributed by atoms with Crippen LogP contribution in [0.15, 0.2) is 194 Å².